The average molecular weight is 246 g/mol. The number of ketones is 1. The van der Waals surface area contributed by atoms with Crippen molar-refractivity contribution >= 4 is 5.78 Å². The summed E-state index contributed by atoms with van der Waals surface area (Å²) in [5.74, 6) is -0.127. The maximum atomic E-state index is 11.8. The number of rotatable bonds is 6. The van der Waals surface area contributed by atoms with Gasteiger partial charge in [0.1, 0.15) is 0 Å². The van der Waals surface area contributed by atoms with Gasteiger partial charge in [-0.25, -0.2) is 0 Å². The van der Waals surface area contributed by atoms with Gasteiger partial charge in [0, 0.05) is 12.0 Å². The molecule has 2 nitrogen and oxygen atoms in total. The molecule has 0 N–H and O–H groups in total. The predicted molar refractivity (Wildman–Crippen MR) is 56.9 cm³/mol. The zero-order chi connectivity index (χ0) is 12.7. The first-order chi connectivity index (χ1) is 7.99. The van der Waals surface area contributed by atoms with E-state index in [0.717, 1.165) is 0 Å². The van der Waals surface area contributed by atoms with E-state index in [4.69, 9.17) is 4.74 Å². The van der Waals surface area contributed by atoms with Gasteiger partial charge in [-0.05, 0) is 0 Å². The molecule has 0 saturated carbocycles. The second-order valence-corrected chi connectivity index (χ2v) is 3.52. The fraction of sp³-hybridized carbons (Fsp3) is 0.417. The van der Waals surface area contributed by atoms with Crippen molar-refractivity contribution < 1.29 is 22.7 Å². The maximum absolute atomic E-state index is 11.8. The molecule has 0 aliphatic rings. The number of carbonyl (C=O) groups excluding carboxylic acids is 1. The van der Waals surface area contributed by atoms with E-state index in [9.17, 15) is 18.0 Å². The van der Waals surface area contributed by atoms with Crippen LogP contribution in [0.5, 0.6) is 0 Å². The Morgan fingerprint density at radius 3 is 2.35 bits per heavy atom. The molecule has 1 aromatic rings. The molecule has 1 rings (SSSR count). The lowest BCUT2D eigenvalue weighted by Gasteiger charge is -2.06. The van der Waals surface area contributed by atoms with Gasteiger partial charge >= 0.3 is 6.18 Å². The topological polar surface area (TPSA) is 26.3 Å². The summed E-state index contributed by atoms with van der Waals surface area (Å²) in [7, 11) is 0. The summed E-state index contributed by atoms with van der Waals surface area (Å²) in [4.78, 5) is 11.5. The van der Waals surface area contributed by atoms with Crippen molar-refractivity contribution in [3.8, 4) is 0 Å². The number of halogens is 3. The number of Topliss-reactive ketones (excluding diaryl/α,β-unsaturated/α-hetero) is 1. The molecule has 0 amide bonds. The first kappa shape index (κ1) is 13.7. The molecule has 0 fully saturated rings. The Bertz CT molecular complexity index is 347. The Morgan fingerprint density at radius 1 is 1.12 bits per heavy atom. The molecule has 0 heterocycles. The first-order valence-electron chi connectivity index (χ1n) is 5.22. The Labute approximate surface area is 97.4 Å². The van der Waals surface area contributed by atoms with Gasteiger partial charge in [-0.2, -0.15) is 13.2 Å². The minimum absolute atomic E-state index is 0.0177. The molecule has 0 spiro atoms. The number of carbonyl (C=O) groups is 1. The molecule has 1 aromatic carbocycles. The molecule has 0 saturated heterocycles. The van der Waals surface area contributed by atoms with Crippen LogP contribution < -0.4 is 0 Å². The van der Waals surface area contributed by atoms with Crippen molar-refractivity contribution in [2.24, 2.45) is 0 Å². The summed E-state index contributed by atoms with van der Waals surface area (Å²) in [6, 6.07) is 8.59. The van der Waals surface area contributed by atoms with Gasteiger partial charge in [-0.15, -0.1) is 0 Å². The summed E-state index contributed by atoms with van der Waals surface area (Å²) in [5.41, 5.74) is 0.548. The molecule has 0 unspecified atom stereocenters. The molecule has 0 aliphatic heterocycles. The quantitative estimate of drug-likeness (QED) is 0.569. The molecule has 0 atom stereocenters. The highest BCUT2D eigenvalue weighted by atomic mass is 19.4. The van der Waals surface area contributed by atoms with E-state index in [2.05, 4.69) is 0 Å². The fourth-order valence-corrected chi connectivity index (χ4v) is 1.22. The van der Waals surface area contributed by atoms with Crippen LogP contribution in [0.4, 0.5) is 13.2 Å². The molecular weight excluding hydrogens is 233 g/mol. The Hall–Kier alpha value is -1.36. The zero-order valence-electron chi connectivity index (χ0n) is 9.17. The molecule has 94 valence electrons. The van der Waals surface area contributed by atoms with Gasteiger partial charge in [0.15, 0.2) is 5.78 Å². The van der Waals surface area contributed by atoms with Gasteiger partial charge in [0.05, 0.1) is 19.6 Å². The van der Waals surface area contributed by atoms with Crippen LogP contribution in [0.15, 0.2) is 30.3 Å². The zero-order valence-corrected chi connectivity index (χ0v) is 9.17. The second kappa shape index (κ2) is 6.39. The van der Waals surface area contributed by atoms with E-state index in [1.807, 2.05) is 0 Å². The first-order valence-corrected chi connectivity index (χ1v) is 5.22. The lowest BCUT2D eigenvalue weighted by molar-refractivity contribution is -0.145. The third-order valence-electron chi connectivity index (χ3n) is 2.10. The summed E-state index contributed by atoms with van der Waals surface area (Å²) >= 11 is 0. The highest BCUT2D eigenvalue weighted by molar-refractivity contribution is 5.96. The number of hydrogen-bond donors (Lipinski definition) is 0. The summed E-state index contributed by atoms with van der Waals surface area (Å²) in [5, 5.41) is 0. The van der Waals surface area contributed by atoms with Crippen LogP contribution >= 0.6 is 0 Å². The fourth-order valence-electron chi connectivity index (χ4n) is 1.22. The van der Waals surface area contributed by atoms with Crippen molar-refractivity contribution in [1.82, 2.24) is 0 Å². The third-order valence-corrected chi connectivity index (χ3v) is 2.10. The molecule has 0 radical (unpaired) electrons. The summed E-state index contributed by atoms with van der Waals surface area (Å²) < 4.78 is 40.0. The Kier molecular flexibility index (Phi) is 5.15. The van der Waals surface area contributed by atoms with Crippen molar-refractivity contribution in [3.63, 3.8) is 0 Å². The van der Waals surface area contributed by atoms with E-state index < -0.39 is 19.2 Å². The number of hydrogen-bond acceptors (Lipinski definition) is 2. The van der Waals surface area contributed by atoms with Crippen molar-refractivity contribution in [1.29, 1.82) is 0 Å². The van der Waals surface area contributed by atoms with E-state index >= 15 is 0 Å². The smallest absolute Gasteiger partial charge is 0.381 e. The molecule has 5 heteroatoms. The minimum Gasteiger partial charge on any atom is -0.381 e. The lowest BCUT2D eigenvalue weighted by atomic mass is 10.1. The van der Waals surface area contributed by atoms with Crippen LogP contribution in [0.1, 0.15) is 23.2 Å². The molecule has 0 bridgehead atoms. The van der Waals surface area contributed by atoms with Crippen LogP contribution in [0, 0.1) is 0 Å². The molecule has 0 aliphatic carbocycles. The van der Waals surface area contributed by atoms with E-state index in [1.54, 1.807) is 30.3 Å². The van der Waals surface area contributed by atoms with Crippen LogP contribution in [-0.4, -0.2) is 25.2 Å². The Morgan fingerprint density at radius 2 is 1.76 bits per heavy atom. The van der Waals surface area contributed by atoms with E-state index in [-0.39, 0.29) is 18.8 Å². The predicted octanol–water partition coefficient (Wildman–Crippen LogP) is 3.23. The Balaban J connectivity index is 2.18. The summed E-state index contributed by atoms with van der Waals surface area (Å²) in [6.45, 7) is -0.380. The highest BCUT2D eigenvalue weighted by Gasteiger charge is 2.26. The normalized spacial score (nSPS) is 11.5. The van der Waals surface area contributed by atoms with Gasteiger partial charge < -0.3 is 4.74 Å². The van der Waals surface area contributed by atoms with Crippen LogP contribution in [0.25, 0.3) is 0 Å². The molecule has 0 aromatic heterocycles. The van der Waals surface area contributed by atoms with E-state index in [1.165, 1.54) is 0 Å². The van der Waals surface area contributed by atoms with Gasteiger partial charge in [-0.3, -0.25) is 4.79 Å². The van der Waals surface area contributed by atoms with Gasteiger partial charge in [-0.1, -0.05) is 30.3 Å². The largest absolute Gasteiger partial charge is 0.391 e. The lowest BCUT2D eigenvalue weighted by Crippen LogP contribution is -2.13. The van der Waals surface area contributed by atoms with Crippen LogP contribution in [0.3, 0.4) is 0 Å². The van der Waals surface area contributed by atoms with Gasteiger partial charge in [0.25, 0.3) is 0 Å². The standard InChI is InChI=1S/C12H13F3O2/c13-12(14,15)7-9-17-8-6-11(16)10-4-2-1-3-5-10/h1-5H,6-9H2. The number of ether oxygens (including phenoxy) is 1. The van der Waals surface area contributed by atoms with Crippen molar-refractivity contribution in [3.05, 3.63) is 35.9 Å². The van der Waals surface area contributed by atoms with Crippen molar-refractivity contribution in [2.45, 2.75) is 19.0 Å². The molecular formula is C12H13F3O2. The minimum atomic E-state index is -4.20. The molecule has 17 heavy (non-hydrogen) atoms. The third kappa shape index (κ3) is 6.06. The van der Waals surface area contributed by atoms with Crippen molar-refractivity contribution in [2.75, 3.05) is 13.2 Å². The summed E-state index contributed by atoms with van der Waals surface area (Å²) in [6.07, 6.45) is -5.09. The monoisotopic (exact) mass is 246 g/mol. The van der Waals surface area contributed by atoms with Gasteiger partial charge in [0.2, 0.25) is 0 Å². The number of benzene rings is 1. The van der Waals surface area contributed by atoms with E-state index in [0.29, 0.717) is 5.56 Å². The van der Waals surface area contributed by atoms with Crippen LogP contribution in [0.2, 0.25) is 0 Å². The average Bonchev–Trinajstić information content (AvgIpc) is 2.28. The highest BCUT2D eigenvalue weighted by Crippen LogP contribution is 2.18. The van der Waals surface area contributed by atoms with Crippen LogP contribution in [-0.2, 0) is 4.74 Å². The SMILES string of the molecule is O=C(CCOCCC(F)(F)F)c1ccccc1. The number of alkyl halides is 3. The maximum Gasteiger partial charge on any atom is 0.391 e. The second-order valence-electron chi connectivity index (χ2n) is 3.52.